The second kappa shape index (κ2) is 12.1. The van der Waals surface area contributed by atoms with Gasteiger partial charge in [-0.05, 0) is 86.4 Å². The molecule has 8 nitrogen and oxygen atoms in total. The number of amides is 2. The van der Waals surface area contributed by atoms with Gasteiger partial charge in [-0.25, -0.2) is 9.37 Å². The largest absolute Gasteiger partial charge is 0.489 e. The predicted octanol–water partition coefficient (Wildman–Crippen LogP) is 4.57. The first-order valence-corrected chi connectivity index (χ1v) is 12.5. The van der Waals surface area contributed by atoms with Crippen molar-refractivity contribution in [1.29, 1.82) is 0 Å². The summed E-state index contributed by atoms with van der Waals surface area (Å²) in [5, 5.41) is 9.04. The van der Waals surface area contributed by atoms with Gasteiger partial charge in [-0.3, -0.25) is 9.59 Å². The molecule has 1 aliphatic heterocycles. The van der Waals surface area contributed by atoms with Crippen LogP contribution in [0.2, 0.25) is 5.02 Å². The molecule has 1 aliphatic rings. The monoisotopic (exact) mass is 525 g/mol. The van der Waals surface area contributed by atoms with Crippen molar-refractivity contribution in [3.05, 3.63) is 82.3 Å². The fourth-order valence-corrected chi connectivity index (χ4v) is 4.11. The third-order valence-electron chi connectivity index (χ3n) is 6.20. The van der Waals surface area contributed by atoms with Gasteiger partial charge < -0.3 is 26.4 Å². The van der Waals surface area contributed by atoms with Crippen LogP contribution in [-0.4, -0.2) is 42.5 Å². The van der Waals surface area contributed by atoms with Gasteiger partial charge in [0.15, 0.2) is 0 Å². The van der Waals surface area contributed by atoms with Crippen molar-refractivity contribution in [2.24, 2.45) is 5.73 Å². The summed E-state index contributed by atoms with van der Waals surface area (Å²) >= 11 is 5.84. The van der Waals surface area contributed by atoms with Crippen LogP contribution >= 0.6 is 11.6 Å². The molecule has 10 heteroatoms. The summed E-state index contributed by atoms with van der Waals surface area (Å²) in [5.41, 5.74) is 7.20. The van der Waals surface area contributed by atoms with Crippen molar-refractivity contribution in [2.45, 2.75) is 31.8 Å². The number of aromatic nitrogens is 1. The highest BCUT2D eigenvalue weighted by molar-refractivity contribution is 6.30. The number of carbonyl (C=O) groups excluding carboxylic acids is 2. The van der Waals surface area contributed by atoms with Crippen molar-refractivity contribution >= 4 is 34.9 Å². The summed E-state index contributed by atoms with van der Waals surface area (Å²) in [5.74, 6) is -0.980. The standard InChI is InChI=1S/C27H29ClFN5O3/c1-16(14-30)17-2-5-21(24(12-17)37-20-8-10-31-11-9-20)26(35)33-23-6-4-19(29)13-22(23)27(36)34-25-7-3-18(28)15-32-25/h2-7,12-13,15-16,20,31H,8-11,14,30H2,1H3,(H,33,35)(H,32,34,36). The number of ether oxygens (including phenoxy) is 1. The van der Waals surface area contributed by atoms with E-state index in [1.54, 1.807) is 12.1 Å². The molecule has 2 amide bonds. The molecule has 1 unspecified atom stereocenters. The lowest BCUT2D eigenvalue weighted by Crippen LogP contribution is -2.34. The number of rotatable bonds is 8. The number of benzene rings is 2. The Hall–Kier alpha value is -3.53. The van der Waals surface area contributed by atoms with E-state index in [1.807, 2.05) is 19.1 Å². The number of carbonyl (C=O) groups is 2. The second-order valence-corrected chi connectivity index (χ2v) is 9.36. The van der Waals surface area contributed by atoms with Gasteiger partial charge in [-0.15, -0.1) is 0 Å². The van der Waals surface area contributed by atoms with E-state index >= 15 is 0 Å². The van der Waals surface area contributed by atoms with E-state index in [0.29, 0.717) is 22.9 Å². The quantitative estimate of drug-likeness (QED) is 0.342. The maximum atomic E-state index is 14.1. The number of nitrogens with one attached hydrogen (secondary N) is 3. The zero-order valence-electron chi connectivity index (χ0n) is 20.4. The topological polar surface area (TPSA) is 118 Å². The molecule has 0 spiro atoms. The molecule has 0 bridgehead atoms. The van der Waals surface area contributed by atoms with E-state index in [9.17, 15) is 14.0 Å². The molecule has 1 fully saturated rings. The third kappa shape index (κ3) is 6.82. The highest BCUT2D eigenvalue weighted by atomic mass is 35.5. The second-order valence-electron chi connectivity index (χ2n) is 8.92. The molecule has 2 heterocycles. The molecular formula is C27H29ClFN5O3. The predicted molar refractivity (Wildman–Crippen MR) is 142 cm³/mol. The number of nitrogens with zero attached hydrogens (tertiary/aromatic N) is 1. The average Bonchev–Trinajstić information content (AvgIpc) is 2.91. The smallest absolute Gasteiger partial charge is 0.259 e. The van der Waals surface area contributed by atoms with Crippen molar-refractivity contribution in [3.63, 3.8) is 0 Å². The summed E-state index contributed by atoms with van der Waals surface area (Å²) < 4.78 is 20.3. The van der Waals surface area contributed by atoms with Gasteiger partial charge in [0.25, 0.3) is 11.8 Å². The molecule has 3 aromatic rings. The minimum atomic E-state index is -0.636. The van der Waals surface area contributed by atoms with Gasteiger partial charge in [0, 0.05) is 6.20 Å². The number of nitrogens with two attached hydrogens (primary N) is 1. The lowest BCUT2D eigenvalue weighted by Gasteiger charge is -2.25. The summed E-state index contributed by atoms with van der Waals surface area (Å²) in [6.07, 6.45) is 2.98. The van der Waals surface area contributed by atoms with Crippen LogP contribution in [0.25, 0.3) is 0 Å². The van der Waals surface area contributed by atoms with Crippen LogP contribution < -0.4 is 26.4 Å². The molecule has 1 saturated heterocycles. The lowest BCUT2D eigenvalue weighted by molar-refractivity contribution is 0.101. The molecular weight excluding hydrogens is 497 g/mol. The number of pyridine rings is 1. The minimum absolute atomic E-state index is 0.0322. The van der Waals surface area contributed by atoms with Crippen molar-refractivity contribution in [1.82, 2.24) is 10.3 Å². The highest BCUT2D eigenvalue weighted by Crippen LogP contribution is 2.29. The number of hydrogen-bond donors (Lipinski definition) is 4. The maximum Gasteiger partial charge on any atom is 0.259 e. The van der Waals surface area contributed by atoms with Crippen LogP contribution in [0, 0.1) is 5.82 Å². The molecule has 37 heavy (non-hydrogen) atoms. The van der Waals surface area contributed by atoms with E-state index in [-0.39, 0.29) is 29.1 Å². The molecule has 1 atom stereocenters. The van der Waals surface area contributed by atoms with Crippen LogP contribution in [0.3, 0.4) is 0 Å². The molecule has 2 aromatic carbocycles. The number of piperidine rings is 1. The SMILES string of the molecule is CC(CN)c1ccc(C(=O)Nc2ccc(F)cc2C(=O)Nc2ccc(Cl)cn2)c(OC2CCNCC2)c1. The highest BCUT2D eigenvalue weighted by Gasteiger charge is 2.22. The Morgan fingerprint density at radius 2 is 1.86 bits per heavy atom. The Balaban J connectivity index is 1.60. The molecule has 5 N–H and O–H groups in total. The van der Waals surface area contributed by atoms with E-state index in [2.05, 4.69) is 20.9 Å². The summed E-state index contributed by atoms with van der Waals surface area (Å²) in [7, 11) is 0. The van der Waals surface area contributed by atoms with Crippen LogP contribution in [0.4, 0.5) is 15.9 Å². The maximum absolute atomic E-state index is 14.1. The van der Waals surface area contributed by atoms with Crippen molar-refractivity contribution < 1.29 is 18.7 Å². The number of halogens is 2. The lowest BCUT2D eigenvalue weighted by atomic mass is 9.98. The zero-order chi connectivity index (χ0) is 26.4. The Bertz CT molecular complexity index is 1270. The summed E-state index contributed by atoms with van der Waals surface area (Å²) in [4.78, 5) is 30.4. The van der Waals surface area contributed by atoms with Gasteiger partial charge in [0.1, 0.15) is 23.5 Å². The van der Waals surface area contributed by atoms with E-state index in [1.165, 1.54) is 24.4 Å². The Kier molecular flexibility index (Phi) is 8.70. The van der Waals surface area contributed by atoms with Gasteiger partial charge in [-0.1, -0.05) is 24.6 Å². The van der Waals surface area contributed by atoms with E-state index in [4.69, 9.17) is 22.1 Å². The van der Waals surface area contributed by atoms with Crippen LogP contribution in [0.5, 0.6) is 5.75 Å². The molecule has 0 radical (unpaired) electrons. The molecule has 4 rings (SSSR count). The number of anilines is 2. The van der Waals surface area contributed by atoms with Gasteiger partial charge in [-0.2, -0.15) is 0 Å². The Morgan fingerprint density at radius 1 is 1.11 bits per heavy atom. The van der Waals surface area contributed by atoms with Crippen LogP contribution in [0.1, 0.15) is 52.0 Å². The first kappa shape index (κ1) is 26.5. The van der Waals surface area contributed by atoms with Gasteiger partial charge >= 0.3 is 0 Å². The summed E-state index contributed by atoms with van der Waals surface area (Å²) in [6, 6.07) is 12.0. The van der Waals surface area contributed by atoms with Crippen molar-refractivity contribution in [3.8, 4) is 5.75 Å². The Labute approximate surface area is 219 Å². The van der Waals surface area contributed by atoms with E-state index < -0.39 is 17.6 Å². The average molecular weight is 526 g/mol. The normalized spacial score (nSPS) is 14.6. The third-order valence-corrected chi connectivity index (χ3v) is 6.42. The number of hydrogen-bond acceptors (Lipinski definition) is 6. The first-order valence-electron chi connectivity index (χ1n) is 12.1. The van der Waals surface area contributed by atoms with Gasteiger partial charge in [0.05, 0.1) is 21.8 Å². The first-order chi connectivity index (χ1) is 17.8. The minimum Gasteiger partial charge on any atom is -0.489 e. The molecule has 1 aromatic heterocycles. The fourth-order valence-electron chi connectivity index (χ4n) is 4.00. The summed E-state index contributed by atoms with van der Waals surface area (Å²) in [6.45, 7) is 4.13. The van der Waals surface area contributed by atoms with Crippen molar-refractivity contribution in [2.75, 3.05) is 30.3 Å². The van der Waals surface area contributed by atoms with Crippen LogP contribution in [-0.2, 0) is 0 Å². The van der Waals surface area contributed by atoms with Gasteiger partial charge in [0.2, 0.25) is 0 Å². The van der Waals surface area contributed by atoms with E-state index in [0.717, 1.165) is 37.6 Å². The zero-order valence-corrected chi connectivity index (χ0v) is 21.1. The molecule has 0 saturated carbocycles. The fraction of sp³-hybridized carbons (Fsp3) is 0.296. The van der Waals surface area contributed by atoms with Crippen LogP contribution in [0.15, 0.2) is 54.7 Å². The molecule has 194 valence electrons. The molecule has 0 aliphatic carbocycles. The Morgan fingerprint density at radius 3 is 2.57 bits per heavy atom.